The number of aryl methyl sites for hydroxylation is 1. The van der Waals surface area contributed by atoms with Crippen LogP contribution in [0.3, 0.4) is 0 Å². The third-order valence-corrected chi connectivity index (χ3v) is 3.79. The Morgan fingerprint density at radius 3 is 2.33 bits per heavy atom. The lowest BCUT2D eigenvalue weighted by Crippen LogP contribution is -1.95. The first-order chi connectivity index (χ1) is 8.49. The molecule has 0 saturated carbocycles. The lowest BCUT2D eigenvalue weighted by atomic mass is 10.1. The number of carbonyl (C=O) groups is 1. The second-order valence-electron chi connectivity index (χ2n) is 4.50. The highest BCUT2D eigenvalue weighted by Crippen LogP contribution is 2.31. The Kier molecular flexibility index (Phi) is 3.48. The molecule has 0 bridgehead atoms. The molecule has 0 amide bonds. The molecule has 0 atom stereocenters. The summed E-state index contributed by atoms with van der Waals surface area (Å²) >= 11 is 1.65. The third-order valence-electron chi connectivity index (χ3n) is 2.76. The topological polar surface area (TPSA) is 50.2 Å². The molecular weight excluding hydrogens is 246 g/mol. The van der Waals surface area contributed by atoms with Crippen molar-refractivity contribution >= 4 is 17.3 Å². The highest BCUT2D eigenvalue weighted by Gasteiger charge is 2.12. The summed E-state index contributed by atoms with van der Waals surface area (Å²) in [5.41, 5.74) is 2.40. The Morgan fingerprint density at radius 2 is 1.89 bits per heavy atom. The maximum Gasteiger partial charge on any atom is 0.335 e. The number of rotatable bonds is 3. The summed E-state index contributed by atoms with van der Waals surface area (Å²) in [5.74, 6) is -0.493. The molecule has 1 aromatic heterocycles. The van der Waals surface area contributed by atoms with E-state index in [2.05, 4.69) is 25.8 Å². The van der Waals surface area contributed by atoms with Crippen LogP contribution >= 0.6 is 11.3 Å². The van der Waals surface area contributed by atoms with Gasteiger partial charge in [-0.1, -0.05) is 26.0 Å². The van der Waals surface area contributed by atoms with Crippen molar-refractivity contribution in [3.8, 4) is 10.6 Å². The average Bonchev–Trinajstić information content (AvgIpc) is 2.71. The largest absolute Gasteiger partial charge is 0.478 e. The highest BCUT2D eigenvalue weighted by molar-refractivity contribution is 7.15. The maximum atomic E-state index is 10.8. The van der Waals surface area contributed by atoms with E-state index in [9.17, 15) is 4.79 Å². The number of nitrogens with zero attached hydrogens (tertiary/aromatic N) is 1. The Balaban J connectivity index is 2.37. The SMILES string of the molecule is Cc1sc(-c2ccc(C(=O)O)cc2)nc1C(C)C. The van der Waals surface area contributed by atoms with Crippen LogP contribution in [0.25, 0.3) is 10.6 Å². The lowest BCUT2D eigenvalue weighted by Gasteiger charge is -2.00. The van der Waals surface area contributed by atoms with Crippen LogP contribution in [-0.4, -0.2) is 16.1 Å². The van der Waals surface area contributed by atoms with E-state index >= 15 is 0 Å². The summed E-state index contributed by atoms with van der Waals surface area (Å²) in [6.07, 6.45) is 0. The van der Waals surface area contributed by atoms with Crippen LogP contribution in [0.1, 0.15) is 40.7 Å². The van der Waals surface area contributed by atoms with Gasteiger partial charge in [0.25, 0.3) is 0 Å². The summed E-state index contributed by atoms with van der Waals surface area (Å²) < 4.78 is 0. The zero-order valence-corrected chi connectivity index (χ0v) is 11.4. The molecule has 18 heavy (non-hydrogen) atoms. The fourth-order valence-corrected chi connectivity index (χ4v) is 2.90. The number of thiazole rings is 1. The first kappa shape index (κ1) is 12.8. The smallest absolute Gasteiger partial charge is 0.335 e. The average molecular weight is 261 g/mol. The second kappa shape index (κ2) is 4.90. The molecule has 1 aromatic carbocycles. The van der Waals surface area contributed by atoms with Crippen molar-refractivity contribution in [2.24, 2.45) is 0 Å². The Labute approximate surface area is 110 Å². The van der Waals surface area contributed by atoms with E-state index in [1.54, 1.807) is 23.5 Å². The van der Waals surface area contributed by atoms with Gasteiger partial charge in [-0.2, -0.15) is 0 Å². The van der Waals surface area contributed by atoms with Crippen LogP contribution < -0.4 is 0 Å². The normalized spacial score (nSPS) is 10.9. The van der Waals surface area contributed by atoms with Gasteiger partial charge in [0.2, 0.25) is 0 Å². The summed E-state index contributed by atoms with van der Waals surface area (Å²) in [4.78, 5) is 16.6. The minimum absolute atomic E-state index is 0.302. The van der Waals surface area contributed by atoms with E-state index in [4.69, 9.17) is 5.11 Å². The molecule has 94 valence electrons. The molecule has 0 saturated heterocycles. The molecule has 0 fully saturated rings. The quantitative estimate of drug-likeness (QED) is 0.910. The van der Waals surface area contributed by atoms with Crippen LogP contribution in [0, 0.1) is 6.92 Å². The monoisotopic (exact) mass is 261 g/mol. The summed E-state index contributed by atoms with van der Waals surface area (Å²) in [6.45, 7) is 6.32. The molecule has 1 N–H and O–H groups in total. The molecule has 4 heteroatoms. The number of hydrogen-bond acceptors (Lipinski definition) is 3. The highest BCUT2D eigenvalue weighted by atomic mass is 32.1. The predicted octanol–water partition coefficient (Wildman–Crippen LogP) is 3.94. The van der Waals surface area contributed by atoms with Crippen LogP contribution in [0.2, 0.25) is 0 Å². The molecule has 0 aliphatic carbocycles. The van der Waals surface area contributed by atoms with Gasteiger partial charge in [-0.3, -0.25) is 0 Å². The van der Waals surface area contributed by atoms with Gasteiger partial charge in [-0.25, -0.2) is 9.78 Å². The molecule has 0 aliphatic heterocycles. The molecule has 0 aliphatic rings. The molecule has 3 nitrogen and oxygen atoms in total. The fraction of sp³-hybridized carbons (Fsp3) is 0.286. The molecule has 2 aromatic rings. The first-order valence-electron chi connectivity index (χ1n) is 5.80. The molecule has 0 unspecified atom stereocenters. The van der Waals surface area contributed by atoms with E-state index in [0.29, 0.717) is 11.5 Å². The van der Waals surface area contributed by atoms with Crippen molar-refractivity contribution in [1.82, 2.24) is 4.98 Å². The van der Waals surface area contributed by atoms with E-state index in [1.807, 2.05) is 12.1 Å². The van der Waals surface area contributed by atoms with Gasteiger partial charge in [0.15, 0.2) is 0 Å². The van der Waals surface area contributed by atoms with Crippen LogP contribution in [0.4, 0.5) is 0 Å². The van der Waals surface area contributed by atoms with Crippen LogP contribution in [-0.2, 0) is 0 Å². The van der Waals surface area contributed by atoms with Crippen molar-refractivity contribution in [1.29, 1.82) is 0 Å². The van der Waals surface area contributed by atoms with Gasteiger partial charge in [0, 0.05) is 10.4 Å². The number of benzene rings is 1. The van der Waals surface area contributed by atoms with Gasteiger partial charge >= 0.3 is 5.97 Å². The van der Waals surface area contributed by atoms with Gasteiger partial charge in [0.1, 0.15) is 5.01 Å². The van der Waals surface area contributed by atoms with E-state index in [1.165, 1.54) is 4.88 Å². The van der Waals surface area contributed by atoms with Crippen molar-refractivity contribution < 1.29 is 9.90 Å². The predicted molar refractivity (Wildman–Crippen MR) is 73.3 cm³/mol. The van der Waals surface area contributed by atoms with Crippen molar-refractivity contribution in [3.63, 3.8) is 0 Å². The standard InChI is InChI=1S/C14H15NO2S/c1-8(2)12-9(3)18-13(15-12)10-4-6-11(7-5-10)14(16)17/h4-8H,1-3H3,(H,16,17). The van der Waals surface area contributed by atoms with E-state index in [0.717, 1.165) is 16.3 Å². The van der Waals surface area contributed by atoms with Crippen molar-refractivity contribution in [2.75, 3.05) is 0 Å². The number of carboxylic acid groups (broad SMARTS) is 1. The van der Waals surface area contributed by atoms with Crippen molar-refractivity contribution in [2.45, 2.75) is 26.7 Å². The Morgan fingerprint density at radius 1 is 1.28 bits per heavy atom. The number of aromatic nitrogens is 1. The minimum Gasteiger partial charge on any atom is -0.478 e. The number of hydrogen-bond donors (Lipinski definition) is 1. The molecule has 0 radical (unpaired) electrons. The molecule has 0 spiro atoms. The summed E-state index contributed by atoms with van der Waals surface area (Å²) in [7, 11) is 0. The second-order valence-corrected chi connectivity index (χ2v) is 5.70. The van der Waals surface area contributed by atoms with Crippen molar-refractivity contribution in [3.05, 3.63) is 40.4 Å². The summed E-state index contributed by atoms with van der Waals surface area (Å²) in [6, 6.07) is 6.85. The fourth-order valence-electron chi connectivity index (χ4n) is 1.82. The first-order valence-corrected chi connectivity index (χ1v) is 6.61. The molecular formula is C14H15NO2S. The Bertz CT molecular complexity index is 570. The molecule has 2 rings (SSSR count). The van der Waals surface area contributed by atoms with Gasteiger partial charge < -0.3 is 5.11 Å². The third kappa shape index (κ3) is 2.43. The lowest BCUT2D eigenvalue weighted by molar-refractivity contribution is 0.0697. The maximum absolute atomic E-state index is 10.8. The van der Waals surface area contributed by atoms with Crippen LogP contribution in [0.5, 0.6) is 0 Å². The van der Waals surface area contributed by atoms with Gasteiger partial charge in [-0.05, 0) is 25.0 Å². The summed E-state index contributed by atoms with van der Waals surface area (Å²) in [5, 5.41) is 9.81. The number of carboxylic acids is 1. The van der Waals surface area contributed by atoms with E-state index < -0.39 is 5.97 Å². The van der Waals surface area contributed by atoms with Gasteiger partial charge in [0.05, 0.1) is 11.3 Å². The zero-order valence-electron chi connectivity index (χ0n) is 10.6. The minimum atomic E-state index is -0.903. The van der Waals surface area contributed by atoms with E-state index in [-0.39, 0.29) is 0 Å². The van der Waals surface area contributed by atoms with Crippen LogP contribution in [0.15, 0.2) is 24.3 Å². The zero-order chi connectivity index (χ0) is 13.3. The number of aromatic carboxylic acids is 1. The van der Waals surface area contributed by atoms with Gasteiger partial charge in [-0.15, -0.1) is 11.3 Å². The Hall–Kier alpha value is -1.68. The molecule has 1 heterocycles.